The Bertz CT molecular complexity index is 409. The monoisotopic (exact) mass is 234 g/mol. The van der Waals surface area contributed by atoms with Crippen molar-refractivity contribution < 1.29 is 4.79 Å². The Balaban J connectivity index is 2.91. The highest BCUT2D eigenvalue weighted by Gasteiger charge is 2.46. The van der Waals surface area contributed by atoms with Crippen molar-refractivity contribution in [3.63, 3.8) is 0 Å². The van der Waals surface area contributed by atoms with Gasteiger partial charge in [-0.05, 0) is 6.42 Å². The highest BCUT2D eigenvalue weighted by atomic mass is 16.1. The molecule has 17 heavy (non-hydrogen) atoms. The van der Waals surface area contributed by atoms with Gasteiger partial charge in [0.15, 0.2) is 5.41 Å². The van der Waals surface area contributed by atoms with Crippen LogP contribution < -0.4 is 11.5 Å². The van der Waals surface area contributed by atoms with E-state index >= 15 is 0 Å². The summed E-state index contributed by atoms with van der Waals surface area (Å²) in [6.07, 6.45) is 10.1. The molecule has 0 aromatic carbocycles. The Kier molecular flexibility index (Phi) is 4.20. The molecule has 5 heteroatoms. The summed E-state index contributed by atoms with van der Waals surface area (Å²) in [5.74, 6) is -0.560. The van der Waals surface area contributed by atoms with Gasteiger partial charge in [-0.15, -0.1) is 5.10 Å². The van der Waals surface area contributed by atoms with E-state index in [9.17, 15) is 4.79 Å². The lowest BCUT2D eigenvalue weighted by molar-refractivity contribution is -0.122. The lowest BCUT2D eigenvalue weighted by Crippen LogP contribution is -2.51. The fraction of sp³-hybridized carbons (Fsp3) is 0.417. The first-order valence-electron chi connectivity index (χ1n) is 5.57. The SMILES string of the molecule is CC/C=C/C=C/C(C)C1(C(N)=O)C=NN=C1N. The van der Waals surface area contributed by atoms with Crippen LogP contribution in [0.25, 0.3) is 0 Å². The number of hydrogen-bond acceptors (Lipinski definition) is 4. The van der Waals surface area contributed by atoms with Crippen molar-refractivity contribution >= 4 is 18.0 Å². The van der Waals surface area contributed by atoms with Gasteiger partial charge in [-0.25, -0.2) is 0 Å². The van der Waals surface area contributed by atoms with E-state index in [1.807, 2.05) is 38.2 Å². The first-order chi connectivity index (χ1) is 8.05. The molecule has 0 aromatic heterocycles. The van der Waals surface area contributed by atoms with E-state index in [4.69, 9.17) is 11.5 Å². The fourth-order valence-corrected chi connectivity index (χ4v) is 1.69. The number of carbonyl (C=O) groups is 1. The number of primary amides is 1. The second-order valence-corrected chi connectivity index (χ2v) is 3.97. The van der Waals surface area contributed by atoms with E-state index in [1.54, 1.807) is 0 Å². The zero-order chi connectivity index (χ0) is 12.9. The van der Waals surface area contributed by atoms with Crippen LogP contribution in [0.5, 0.6) is 0 Å². The molecule has 0 fully saturated rings. The third-order valence-corrected chi connectivity index (χ3v) is 2.86. The average Bonchev–Trinajstić information content (AvgIpc) is 2.67. The van der Waals surface area contributed by atoms with Gasteiger partial charge in [0.1, 0.15) is 5.84 Å². The summed E-state index contributed by atoms with van der Waals surface area (Å²) in [6, 6.07) is 0. The summed E-state index contributed by atoms with van der Waals surface area (Å²) in [5.41, 5.74) is 10.0. The number of hydrogen-bond donors (Lipinski definition) is 2. The van der Waals surface area contributed by atoms with Crippen molar-refractivity contribution in [3.05, 3.63) is 24.3 Å². The number of nitrogens with zero attached hydrogens (tertiary/aromatic N) is 2. The van der Waals surface area contributed by atoms with Gasteiger partial charge >= 0.3 is 0 Å². The zero-order valence-corrected chi connectivity index (χ0v) is 10.1. The summed E-state index contributed by atoms with van der Waals surface area (Å²) in [6.45, 7) is 3.91. The Labute approximate surface area is 101 Å². The smallest absolute Gasteiger partial charge is 0.237 e. The van der Waals surface area contributed by atoms with Crippen LogP contribution in [-0.4, -0.2) is 18.0 Å². The van der Waals surface area contributed by atoms with Crippen LogP contribution in [0.15, 0.2) is 34.5 Å². The molecule has 1 rings (SSSR count). The van der Waals surface area contributed by atoms with Crippen LogP contribution in [0.4, 0.5) is 0 Å². The summed E-state index contributed by atoms with van der Waals surface area (Å²) in [4.78, 5) is 11.6. The first-order valence-corrected chi connectivity index (χ1v) is 5.57. The van der Waals surface area contributed by atoms with Gasteiger partial charge in [-0.2, -0.15) is 5.10 Å². The van der Waals surface area contributed by atoms with Crippen molar-refractivity contribution in [2.75, 3.05) is 0 Å². The standard InChI is InChI=1S/C12H18N4O/c1-3-4-5-6-7-9(2)12(11(14)17)8-15-16-10(12)13/h4-9H,3H2,1-2H3,(H2,13,16)(H2,14,17)/b5-4+,7-6+. The van der Waals surface area contributed by atoms with Gasteiger partial charge in [0.2, 0.25) is 5.91 Å². The molecular formula is C12H18N4O. The zero-order valence-electron chi connectivity index (χ0n) is 10.1. The van der Waals surface area contributed by atoms with Crippen LogP contribution in [0.3, 0.4) is 0 Å². The summed E-state index contributed by atoms with van der Waals surface area (Å²) in [7, 11) is 0. The highest BCUT2D eigenvalue weighted by molar-refractivity contribution is 6.21. The highest BCUT2D eigenvalue weighted by Crippen LogP contribution is 2.30. The lowest BCUT2D eigenvalue weighted by atomic mass is 9.75. The quantitative estimate of drug-likeness (QED) is 0.693. The third kappa shape index (κ3) is 2.43. The maximum Gasteiger partial charge on any atom is 0.237 e. The maximum absolute atomic E-state index is 11.6. The molecule has 1 amide bonds. The normalized spacial score (nSPS) is 25.6. The minimum absolute atomic E-state index is 0.154. The Morgan fingerprint density at radius 2 is 2.29 bits per heavy atom. The van der Waals surface area contributed by atoms with Gasteiger partial charge in [-0.1, -0.05) is 38.2 Å². The van der Waals surface area contributed by atoms with E-state index in [1.165, 1.54) is 6.21 Å². The minimum Gasteiger partial charge on any atom is -0.384 e. The molecule has 0 aliphatic carbocycles. The molecule has 1 heterocycles. The Hall–Kier alpha value is -1.91. The lowest BCUT2D eigenvalue weighted by Gasteiger charge is -2.26. The van der Waals surface area contributed by atoms with Crippen LogP contribution in [-0.2, 0) is 4.79 Å². The minimum atomic E-state index is -1.09. The van der Waals surface area contributed by atoms with Gasteiger partial charge in [0.25, 0.3) is 0 Å². The van der Waals surface area contributed by atoms with Crippen molar-refractivity contribution in [2.45, 2.75) is 20.3 Å². The molecule has 0 spiro atoms. The Morgan fingerprint density at radius 3 is 2.76 bits per heavy atom. The Morgan fingerprint density at radius 1 is 1.59 bits per heavy atom. The molecule has 2 atom stereocenters. The summed E-state index contributed by atoms with van der Waals surface area (Å²) < 4.78 is 0. The molecule has 1 aliphatic heterocycles. The van der Waals surface area contributed by atoms with Crippen molar-refractivity contribution in [1.29, 1.82) is 0 Å². The van der Waals surface area contributed by atoms with E-state index in [0.29, 0.717) is 0 Å². The summed E-state index contributed by atoms with van der Waals surface area (Å²) >= 11 is 0. The predicted octanol–water partition coefficient (Wildman–Crippen LogP) is 0.973. The van der Waals surface area contributed by atoms with Crippen LogP contribution in [0.2, 0.25) is 0 Å². The second kappa shape index (κ2) is 5.43. The molecule has 0 saturated heterocycles. The van der Waals surface area contributed by atoms with Crippen molar-refractivity contribution in [3.8, 4) is 0 Å². The number of nitrogens with two attached hydrogens (primary N) is 2. The van der Waals surface area contributed by atoms with Gasteiger partial charge in [-0.3, -0.25) is 4.79 Å². The molecular weight excluding hydrogens is 216 g/mol. The average molecular weight is 234 g/mol. The van der Waals surface area contributed by atoms with Crippen LogP contribution in [0, 0.1) is 11.3 Å². The van der Waals surface area contributed by atoms with E-state index in [-0.39, 0.29) is 11.8 Å². The number of allylic oxidation sites excluding steroid dienone is 4. The molecule has 4 N–H and O–H groups in total. The molecule has 92 valence electrons. The van der Waals surface area contributed by atoms with Gasteiger partial charge < -0.3 is 11.5 Å². The molecule has 0 radical (unpaired) electrons. The van der Waals surface area contributed by atoms with Gasteiger partial charge in [0, 0.05) is 5.92 Å². The summed E-state index contributed by atoms with van der Waals surface area (Å²) in [5, 5.41) is 7.38. The second-order valence-electron chi connectivity index (χ2n) is 3.97. The van der Waals surface area contributed by atoms with Crippen LogP contribution in [0.1, 0.15) is 20.3 Å². The van der Waals surface area contributed by atoms with E-state index in [2.05, 4.69) is 10.2 Å². The molecule has 0 saturated carbocycles. The predicted molar refractivity (Wildman–Crippen MR) is 69.5 cm³/mol. The third-order valence-electron chi connectivity index (χ3n) is 2.86. The molecule has 0 aromatic rings. The molecule has 1 aliphatic rings. The molecule has 2 unspecified atom stereocenters. The van der Waals surface area contributed by atoms with E-state index in [0.717, 1.165) is 6.42 Å². The van der Waals surface area contributed by atoms with Crippen LogP contribution >= 0.6 is 0 Å². The topological polar surface area (TPSA) is 93.8 Å². The van der Waals surface area contributed by atoms with Gasteiger partial charge in [0.05, 0.1) is 6.21 Å². The number of carbonyl (C=O) groups excluding carboxylic acids is 1. The number of amides is 1. The molecule has 0 bridgehead atoms. The maximum atomic E-state index is 11.6. The first kappa shape index (κ1) is 13.2. The largest absolute Gasteiger partial charge is 0.384 e. The van der Waals surface area contributed by atoms with E-state index < -0.39 is 11.3 Å². The van der Waals surface area contributed by atoms with Crippen molar-refractivity contribution in [1.82, 2.24) is 0 Å². The number of amidine groups is 1. The molecule has 5 nitrogen and oxygen atoms in total. The fourth-order valence-electron chi connectivity index (χ4n) is 1.69. The number of rotatable bonds is 5. The van der Waals surface area contributed by atoms with Crippen molar-refractivity contribution in [2.24, 2.45) is 33.0 Å².